The molecule has 4 aromatic rings. The highest BCUT2D eigenvalue weighted by Crippen LogP contribution is 2.45. The van der Waals surface area contributed by atoms with Crippen LogP contribution < -0.4 is 9.64 Å². The van der Waals surface area contributed by atoms with Crippen molar-refractivity contribution in [2.45, 2.75) is 41.5 Å². The molecule has 0 heterocycles. The lowest BCUT2D eigenvalue weighted by Crippen LogP contribution is -2.15. The number of nitrogens with zero attached hydrogens (tertiary/aromatic N) is 1. The van der Waals surface area contributed by atoms with Crippen molar-refractivity contribution in [2.75, 3.05) is 4.90 Å². The summed E-state index contributed by atoms with van der Waals surface area (Å²) in [6.07, 6.45) is 0. The summed E-state index contributed by atoms with van der Waals surface area (Å²) in [4.78, 5) is 2.15. The number of ether oxygens (including phenoxy) is 1. The summed E-state index contributed by atoms with van der Waals surface area (Å²) >= 11 is 0. The smallest absolute Gasteiger partial charge is 0.133 e. The van der Waals surface area contributed by atoms with Crippen LogP contribution in [-0.4, -0.2) is 15.3 Å². The van der Waals surface area contributed by atoms with Gasteiger partial charge in [0.05, 0.1) is 11.4 Å². The Kier molecular flexibility index (Phi) is 6.35. The fraction of sp³-hybridized carbons (Fsp3) is 0.200. The van der Waals surface area contributed by atoms with E-state index in [0.29, 0.717) is 11.5 Å². The number of benzene rings is 4. The van der Waals surface area contributed by atoms with E-state index in [1.54, 1.807) is 36.4 Å². The predicted molar refractivity (Wildman–Crippen MR) is 141 cm³/mol. The zero-order valence-electron chi connectivity index (χ0n) is 21.0. The molecule has 4 rings (SSSR count). The normalized spacial score (nSPS) is 10.9. The van der Waals surface area contributed by atoms with Gasteiger partial charge in [0.1, 0.15) is 28.7 Å². The average molecular weight is 470 g/mol. The third kappa shape index (κ3) is 4.76. The SMILES string of the molecule is Cc1cc(O)cc(C)c1Oc1cccc(N(c2c(C)cc(O)cc2C)c2c(C)cc(O)cc2C)c1. The molecular weight excluding hydrogens is 438 g/mol. The highest BCUT2D eigenvalue weighted by Gasteiger charge is 2.22. The van der Waals surface area contributed by atoms with E-state index in [-0.39, 0.29) is 17.2 Å². The second kappa shape index (κ2) is 9.26. The molecule has 0 bridgehead atoms. The molecular formula is C30H31NO4. The first kappa shape index (κ1) is 24.0. The van der Waals surface area contributed by atoms with Crippen LogP contribution in [0.1, 0.15) is 33.4 Å². The number of phenols is 3. The van der Waals surface area contributed by atoms with E-state index in [0.717, 1.165) is 50.4 Å². The minimum absolute atomic E-state index is 0.212. The van der Waals surface area contributed by atoms with E-state index < -0.39 is 0 Å². The fourth-order valence-electron chi connectivity index (χ4n) is 4.83. The minimum atomic E-state index is 0.212. The Labute approximate surface area is 206 Å². The third-order valence-electron chi connectivity index (χ3n) is 6.14. The molecule has 0 fully saturated rings. The molecule has 0 saturated heterocycles. The van der Waals surface area contributed by atoms with Crippen molar-refractivity contribution < 1.29 is 20.1 Å². The van der Waals surface area contributed by atoms with Gasteiger partial charge in [-0.1, -0.05) is 6.07 Å². The quantitative estimate of drug-likeness (QED) is 0.277. The number of aryl methyl sites for hydroxylation is 6. The molecule has 0 atom stereocenters. The molecule has 3 N–H and O–H groups in total. The Bertz CT molecular complexity index is 1300. The zero-order chi connectivity index (χ0) is 25.4. The summed E-state index contributed by atoms with van der Waals surface area (Å²) in [5.74, 6) is 2.02. The summed E-state index contributed by atoms with van der Waals surface area (Å²) in [7, 11) is 0. The second-order valence-corrected chi connectivity index (χ2v) is 9.20. The molecule has 0 aliphatic rings. The molecule has 0 aromatic heterocycles. The molecule has 180 valence electrons. The first-order chi connectivity index (χ1) is 16.5. The molecule has 0 amide bonds. The Morgan fingerprint density at radius 3 is 1.37 bits per heavy atom. The van der Waals surface area contributed by atoms with E-state index in [9.17, 15) is 15.3 Å². The van der Waals surface area contributed by atoms with Crippen LogP contribution in [-0.2, 0) is 0 Å². The Hall–Kier alpha value is -4.12. The van der Waals surface area contributed by atoms with Gasteiger partial charge in [-0.3, -0.25) is 0 Å². The van der Waals surface area contributed by atoms with Crippen LogP contribution in [0.3, 0.4) is 0 Å². The number of hydrogen-bond acceptors (Lipinski definition) is 5. The highest BCUT2D eigenvalue weighted by molar-refractivity contribution is 5.84. The largest absolute Gasteiger partial charge is 0.508 e. The predicted octanol–water partition coefficient (Wildman–Crippen LogP) is 7.92. The van der Waals surface area contributed by atoms with Gasteiger partial charge < -0.3 is 25.0 Å². The van der Waals surface area contributed by atoms with E-state index in [1.165, 1.54) is 0 Å². The van der Waals surface area contributed by atoms with Crippen LogP contribution in [0, 0.1) is 41.5 Å². The van der Waals surface area contributed by atoms with Gasteiger partial charge in [0.2, 0.25) is 0 Å². The van der Waals surface area contributed by atoms with E-state index in [2.05, 4.69) is 4.90 Å². The van der Waals surface area contributed by atoms with Gasteiger partial charge >= 0.3 is 0 Å². The molecule has 0 radical (unpaired) electrons. The van der Waals surface area contributed by atoms with Gasteiger partial charge in [-0.2, -0.15) is 0 Å². The van der Waals surface area contributed by atoms with Crippen molar-refractivity contribution in [1.82, 2.24) is 0 Å². The van der Waals surface area contributed by atoms with Crippen LogP contribution in [0.25, 0.3) is 0 Å². The van der Waals surface area contributed by atoms with Crippen LogP contribution in [0.15, 0.2) is 60.7 Å². The number of aromatic hydroxyl groups is 3. The summed E-state index contributed by atoms with van der Waals surface area (Å²) in [5.41, 5.74) is 8.17. The number of rotatable bonds is 5. The third-order valence-corrected chi connectivity index (χ3v) is 6.14. The number of phenolic OH excluding ortho intramolecular Hbond substituents is 3. The molecule has 0 saturated carbocycles. The van der Waals surface area contributed by atoms with Gasteiger partial charge in [-0.05, 0) is 123 Å². The maximum atomic E-state index is 10.2. The highest BCUT2D eigenvalue weighted by atomic mass is 16.5. The van der Waals surface area contributed by atoms with Crippen molar-refractivity contribution in [3.05, 3.63) is 94.0 Å². The van der Waals surface area contributed by atoms with E-state index in [1.807, 2.05) is 65.8 Å². The van der Waals surface area contributed by atoms with Crippen molar-refractivity contribution in [1.29, 1.82) is 0 Å². The maximum absolute atomic E-state index is 10.2. The maximum Gasteiger partial charge on any atom is 0.133 e. The Morgan fingerprint density at radius 1 is 0.543 bits per heavy atom. The lowest BCUT2D eigenvalue weighted by molar-refractivity contribution is 0.458. The molecule has 0 aliphatic carbocycles. The van der Waals surface area contributed by atoms with Gasteiger partial charge in [0.15, 0.2) is 0 Å². The Balaban J connectivity index is 1.91. The summed E-state index contributed by atoms with van der Waals surface area (Å²) in [5, 5.41) is 30.3. The minimum Gasteiger partial charge on any atom is -0.508 e. The Morgan fingerprint density at radius 2 is 0.943 bits per heavy atom. The molecule has 4 aromatic carbocycles. The topological polar surface area (TPSA) is 73.2 Å². The van der Waals surface area contributed by atoms with Crippen molar-refractivity contribution in [2.24, 2.45) is 0 Å². The summed E-state index contributed by atoms with van der Waals surface area (Å²) in [6.45, 7) is 11.7. The van der Waals surface area contributed by atoms with E-state index in [4.69, 9.17) is 4.74 Å². The van der Waals surface area contributed by atoms with Crippen LogP contribution >= 0.6 is 0 Å². The van der Waals surface area contributed by atoms with Crippen molar-refractivity contribution in [3.8, 4) is 28.7 Å². The first-order valence-electron chi connectivity index (χ1n) is 11.5. The second-order valence-electron chi connectivity index (χ2n) is 9.20. The fourth-order valence-corrected chi connectivity index (χ4v) is 4.83. The average Bonchev–Trinajstić information content (AvgIpc) is 2.74. The van der Waals surface area contributed by atoms with Crippen LogP contribution in [0.4, 0.5) is 17.1 Å². The lowest BCUT2D eigenvalue weighted by atomic mass is 10.0. The molecule has 35 heavy (non-hydrogen) atoms. The monoisotopic (exact) mass is 469 g/mol. The summed E-state index contributed by atoms with van der Waals surface area (Å²) < 4.78 is 6.30. The first-order valence-corrected chi connectivity index (χ1v) is 11.5. The standard InChI is InChI=1S/C30H31NO4/c1-17-10-24(32)11-18(2)28(17)31(29-19(3)12-25(33)13-20(29)4)23-8-7-9-27(16-23)35-30-21(5)14-26(34)15-22(30)6/h7-16,32-34H,1-6H3. The molecule has 0 spiro atoms. The van der Waals surface area contributed by atoms with Crippen molar-refractivity contribution >= 4 is 17.1 Å². The number of hydrogen-bond donors (Lipinski definition) is 3. The van der Waals surface area contributed by atoms with Crippen molar-refractivity contribution in [3.63, 3.8) is 0 Å². The lowest BCUT2D eigenvalue weighted by Gasteiger charge is -2.31. The molecule has 5 nitrogen and oxygen atoms in total. The van der Waals surface area contributed by atoms with Gasteiger partial charge in [0, 0.05) is 11.8 Å². The molecule has 0 aliphatic heterocycles. The molecule has 5 heteroatoms. The van der Waals surface area contributed by atoms with E-state index >= 15 is 0 Å². The van der Waals surface area contributed by atoms with Crippen LogP contribution in [0.5, 0.6) is 28.7 Å². The van der Waals surface area contributed by atoms with Gasteiger partial charge in [-0.15, -0.1) is 0 Å². The zero-order valence-corrected chi connectivity index (χ0v) is 21.0. The molecule has 0 unspecified atom stereocenters. The van der Waals surface area contributed by atoms with Gasteiger partial charge in [0.25, 0.3) is 0 Å². The number of anilines is 3. The summed E-state index contributed by atoms with van der Waals surface area (Å²) in [6, 6.07) is 18.2. The van der Waals surface area contributed by atoms with Gasteiger partial charge in [-0.25, -0.2) is 0 Å². The van der Waals surface area contributed by atoms with Crippen LogP contribution in [0.2, 0.25) is 0 Å².